The van der Waals surface area contributed by atoms with Crippen LogP contribution in [0.5, 0.6) is 0 Å². The van der Waals surface area contributed by atoms with E-state index in [1.807, 2.05) is 12.1 Å². The van der Waals surface area contributed by atoms with Crippen molar-refractivity contribution in [3.8, 4) is 5.69 Å². The number of benzene rings is 2. The highest BCUT2D eigenvalue weighted by Crippen LogP contribution is 2.16. The number of imide groups is 1. The summed E-state index contributed by atoms with van der Waals surface area (Å²) in [6.45, 7) is 2.01. The van der Waals surface area contributed by atoms with Gasteiger partial charge in [-0.05, 0) is 55.3 Å². The molecule has 1 aliphatic heterocycles. The van der Waals surface area contributed by atoms with Gasteiger partial charge in [0.1, 0.15) is 0 Å². The van der Waals surface area contributed by atoms with Crippen LogP contribution in [-0.4, -0.2) is 49.9 Å². The zero-order chi connectivity index (χ0) is 22.7. The van der Waals surface area contributed by atoms with E-state index >= 15 is 0 Å². The van der Waals surface area contributed by atoms with E-state index < -0.39 is 5.91 Å². The highest BCUT2D eigenvalue weighted by atomic mass is 16.2. The van der Waals surface area contributed by atoms with E-state index in [0.717, 1.165) is 5.56 Å². The minimum absolute atomic E-state index is 0.0286. The molecule has 9 nitrogen and oxygen atoms in total. The summed E-state index contributed by atoms with van der Waals surface area (Å²) in [4.78, 5) is 48.4. The zero-order valence-electron chi connectivity index (χ0n) is 17.4. The molecule has 1 N–H and O–H groups in total. The first kappa shape index (κ1) is 21.1. The van der Waals surface area contributed by atoms with Gasteiger partial charge in [-0.1, -0.05) is 17.3 Å². The molecular formula is C23H21N5O4. The third kappa shape index (κ3) is 4.61. The topological polar surface area (TPSA) is 114 Å². The Morgan fingerprint density at radius 3 is 2.34 bits per heavy atom. The normalized spacial score (nSPS) is 12.9. The summed E-state index contributed by atoms with van der Waals surface area (Å²) in [6, 6.07) is 14.0. The molecule has 3 aromatic rings. The summed E-state index contributed by atoms with van der Waals surface area (Å²) in [6.07, 6.45) is 2.75. The Kier molecular flexibility index (Phi) is 5.89. The first-order valence-corrected chi connectivity index (χ1v) is 10.2. The fourth-order valence-corrected chi connectivity index (χ4v) is 3.26. The molecule has 0 saturated carbocycles. The molecule has 162 valence electrons. The monoisotopic (exact) mass is 431 g/mol. The van der Waals surface area contributed by atoms with E-state index in [9.17, 15) is 19.2 Å². The van der Waals surface area contributed by atoms with Crippen LogP contribution in [0, 0.1) is 0 Å². The van der Waals surface area contributed by atoms with E-state index in [-0.39, 0.29) is 29.7 Å². The van der Waals surface area contributed by atoms with Crippen LogP contribution in [0.25, 0.3) is 5.69 Å². The van der Waals surface area contributed by atoms with Gasteiger partial charge in [0.05, 0.1) is 11.9 Å². The van der Waals surface area contributed by atoms with Crippen molar-refractivity contribution in [2.24, 2.45) is 0 Å². The maximum atomic E-state index is 12.5. The number of hydrogen-bond donors (Lipinski definition) is 1. The third-order valence-electron chi connectivity index (χ3n) is 5.26. The largest absolute Gasteiger partial charge is 0.321 e. The quantitative estimate of drug-likeness (QED) is 0.454. The number of anilines is 1. The molecule has 9 heteroatoms. The van der Waals surface area contributed by atoms with E-state index in [1.165, 1.54) is 22.7 Å². The molecule has 3 amide bonds. The molecule has 1 aliphatic rings. The Balaban J connectivity index is 1.33. The van der Waals surface area contributed by atoms with Crippen LogP contribution in [0.4, 0.5) is 5.69 Å². The summed E-state index contributed by atoms with van der Waals surface area (Å²) in [5, 5.41) is 10.6. The molecule has 1 saturated heterocycles. The lowest BCUT2D eigenvalue weighted by Gasteiger charge is -2.28. The van der Waals surface area contributed by atoms with Crippen LogP contribution in [-0.2, 0) is 16.0 Å². The van der Waals surface area contributed by atoms with Gasteiger partial charge in [0.2, 0.25) is 11.8 Å². The van der Waals surface area contributed by atoms with Gasteiger partial charge in [0, 0.05) is 30.6 Å². The second kappa shape index (κ2) is 8.93. The van der Waals surface area contributed by atoms with Crippen LogP contribution in [0.3, 0.4) is 0 Å². The van der Waals surface area contributed by atoms with Crippen LogP contribution < -0.4 is 5.32 Å². The summed E-state index contributed by atoms with van der Waals surface area (Å²) < 4.78 is 1.46. The van der Waals surface area contributed by atoms with Crippen molar-refractivity contribution in [2.45, 2.75) is 26.2 Å². The zero-order valence-corrected chi connectivity index (χ0v) is 17.4. The number of aryl methyl sites for hydroxylation is 1. The van der Waals surface area contributed by atoms with Crippen LogP contribution >= 0.6 is 0 Å². The number of β-lactam (4-membered cyclic amide) rings is 1. The lowest BCUT2D eigenvalue weighted by Crippen LogP contribution is -2.47. The molecular weight excluding hydrogens is 410 g/mol. The lowest BCUT2D eigenvalue weighted by molar-refractivity contribution is -0.152. The predicted molar refractivity (Wildman–Crippen MR) is 115 cm³/mol. The molecule has 0 bridgehead atoms. The van der Waals surface area contributed by atoms with Gasteiger partial charge < -0.3 is 5.32 Å². The molecule has 1 fully saturated rings. The molecule has 0 atom stereocenters. The first-order valence-electron chi connectivity index (χ1n) is 10.2. The second-order valence-corrected chi connectivity index (χ2v) is 7.49. The molecule has 0 unspecified atom stereocenters. The molecule has 0 radical (unpaired) electrons. The van der Waals surface area contributed by atoms with Crippen molar-refractivity contribution in [1.82, 2.24) is 19.9 Å². The predicted octanol–water partition coefficient (Wildman–Crippen LogP) is 2.41. The fraction of sp³-hybridized carbons (Fsp3) is 0.217. The van der Waals surface area contributed by atoms with E-state index in [0.29, 0.717) is 36.3 Å². The smallest absolute Gasteiger partial charge is 0.277 e. The number of carbonyl (C=O) groups is 4. The summed E-state index contributed by atoms with van der Waals surface area (Å²) in [5.74, 6) is -0.703. The average Bonchev–Trinajstić information content (AvgIpc) is 3.28. The summed E-state index contributed by atoms with van der Waals surface area (Å²) in [5.41, 5.74) is 2.94. The molecule has 1 aromatic heterocycles. The van der Waals surface area contributed by atoms with Gasteiger partial charge >= 0.3 is 0 Å². The summed E-state index contributed by atoms with van der Waals surface area (Å²) in [7, 11) is 0. The van der Waals surface area contributed by atoms with Gasteiger partial charge in [0.15, 0.2) is 11.5 Å². The van der Waals surface area contributed by atoms with Crippen molar-refractivity contribution in [3.63, 3.8) is 0 Å². The molecule has 0 spiro atoms. The van der Waals surface area contributed by atoms with Crippen LogP contribution in [0.1, 0.15) is 46.2 Å². The molecule has 4 rings (SSSR count). The van der Waals surface area contributed by atoms with Gasteiger partial charge in [-0.3, -0.25) is 24.1 Å². The highest BCUT2D eigenvalue weighted by Gasteiger charge is 2.29. The first-order chi connectivity index (χ1) is 15.4. The van der Waals surface area contributed by atoms with E-state index in [2.05, 4.69) is 15.6 Å². The number of likely N-dealkylation sites (tertiary alicyclic amines) is 1. The Hall–Kier alpha value is -4.14. The molecule has 32 heavy (non-hydrogen) atoms. The molecule has 0 aliphatic carbocycles. The number of carbonyl (C=O) groups excluding carboxylic acids is 4. The molecule has 2 heterocycles. The highest BCUT2D eigenvalue weighted by molar-refractivity contribution is 6.02. The minimum atomic E-state index is -0.407. The second-order valence-electron chi connectivity index (χ2n) is 7.49. The lowest BCUT2D eigenvalue weighted by atomic mass is 10.1. The van der Waals surface area contributed by atoms with Crippen molar-refractivity contribution in [3.05, 3.63) is 71.5 Å². The van der Waals surface area contributed by atoms with Crippen LogP contribution in [0.15, 0.2) is 54.7 Å². The van der Waals surface area contributed by atoms with Gasteiger partial charge in [-0.25, -0.2) is 4.68 Å². The van der Waals surface area contributed by atoms with Gasteiger partial charge in [0.25, 0.3) is 5.91 Å². The van der Waals surface area contributed by atoms with Crippen molar-refractivity contribution >= 4 is 29.2 Å². The SMILES string of the molecule is CC(=O)c1ccc(-n2cc(C(=O)Nc3ccc(CCC(=O)N4CCC4=O)cc3)nn2)cc1. The van der Waals surface area contributed by atoms with Gasteiger partial charge in [-0.2, -0.15) is 0 Å². The third-order valence-corrected chi connectivity index (χ3v) is 5.26. The maximum Gasteiger partial charge on any atom is 0.277 e. The number of nitrogens with zero attached hydrogens (tertiary/aromatic N) is 4. The van der Waals surface area contributed by atoms with E-state index in [4.69, 9.17) is 0 Å². The number of Topliss-reactive ketones (excluding diaryl/α,β-unsaturated/α-hetero) is 1. The van der Waals surface area contributed by atoms with Crippen molar-refractivity contribution < 1.29 is 19.2 Å². The molecule has 2 aromatic carbocycles. The number of ketones is 1. The van der Waals surface area contributed by atoms with E-state index in [1.54, 1.807) is 36.4 Å². The number of rotatable bonds is 7. The number of aromatic nitrogens is 3. The number of hydrogen-bond acceptors (Lipinski definition) is 6. The Bertz CT molecular complexity index is 1180. The number of amides is 3. The minimum Gasteiger partial charge on any atom is -0.321 e. The Morgan fingerprint density at radius 1 is 1.03 bits per heavy atom. The average molecular weight is 431 g/mol. The summed E-state index contributed by atoms with van der Waals surface area (Å²) >= 11 is 0. The van der Waals surface area contributed by atoms with Gasteiger partial charge in [-0.15, -0.1) is 5.10 Å². The van der Waals surface area contributed by atoms with Crippen molar-refractivity contribution in [1.29, 1.82) is 0 Å². The van der Waals surface area contributed by atoms with Crippen molar-refractivity contribution in [2.75, 3.05) is 11.9 Å². The fourth-order valence-electron chi connectivity index (χ4n) is 3.26. The Labute approximate surface area is 184 Å². The standard InChI is InChI=1S/C23H21N5O4/c1-15(29)17-5-9-19(10-6-17)28-14-20(25-26-28)23(32)24-18-7-2-16(3-8-18)4-11-21(30)27-13-12-22(27)31/h2-3,5-10,14H,4,11-13H2,1H3,(H,24,32). The number of nitrogens with one attached hydrogen (secondary N) is 1. The Morgan fingerprint density at radius 2 is 1.75 bits per heavy atom. The van der Waals surface area contributed by atoms with Crippen LogP contribution in [0.2, 0.25) is 0 Å². The maximum absolute atomic E-state index is 12.5.